The summed E-state index contributed by atoms with van der Waals surface area (Å²) in [4.78, 5) is 19.2. The van der Waals surface area contributed by atoms with Crippen LogP contribution in [0.5, 0.6) is 0 Å². The van der Waals surface area contributed by atoms with Crippen LogP contribution in [0, 0.1) is 20.8 Å². The number of rotatable bonds is 3. The molecule has 148 valence electrons. The van der Waals surface area contributed by atoms with Crippen LogP contribution < -0.4 is 10.6 Å². The van der Waals surface area contributed by atoms with Gasteiger partial charge in [0.1, 0.15) is 5.60 Å². The monoisotopic (exact) mass is 374 g/mol. The number of nitrogens with zero attached hydrogens (tertiary/aromatic N) is 5. The molecule has 1 amide bonds. The van der Waals surface area contributed by atoms with Gasteiger partial charge in [0, 0.05) is 42.5 Å². The van der Waals surface area contributed by atoms with Crippen molar-refractivity contribution < 1.29 is 9.53 Å². The Labute approximate surface area is 160 Å². The molecule has 0 saturated carbocycles. The van der Waals surface area contributed by atoms with E-state index in [1.165, 1.54) is 0 Å². The molecule has 1 aliphatic rings. The van der Waals surface area contributed by atoms with Gasteiger partial charge in [-0.25, -0.2) is 4.79 Å². The quantitative estimate of drug-likeness (QED) is 0.372. The minimum Gasteiger partial charge on any atom is -0.444 e. The van der Waals surface area contributed by atoms with E-state index >= 15 is 0 Å². The van der Waals surface area contributed by atoms with Crippen molar-refractivity contribution in [3.05, 3.63) is 32.7 Å². The number of hydrogen-bond acceptors (Lipinski definition) is 5. The van der Waals surface area contributed by atoms with E-state index < -0.39 is 5.60 Å². The van der Waals surface area contributed by atoms with Gasteiger partial charge >= 0.3 is 6.09 Å². The fourth-order valence-corrected chi connectivity index (χ4v) is 3.53. The van der Waals surface area contributed by atoms with E-state index in [1.807, 2.05) is 41.5 Å². The van der Waals surface area contributed by atoms with Crippen molar-refractivity contribution >= 4 is 17.5 Å². The number of carbonyl (C=O) groups excluding carboxylic acids is 1. The molecule has 2 N–H and O–H groups in total. The molecule has 0 radical (unpaired) electrons. The van der Waals surface area contributed by atoms with Gasteiger partial charge in [0.15, 0.2) is 0 Å². The molecule has 1 fully saturated rings. The van der Waals surface area contributed by atoms with Crippen molar-refractivity contribution in [3.63, 3.8) is 0 Å². The number of carbonyl (C=O) groups is 1. The molecule has 1 aliphatic heterocycles. The maximum atomic E-state index is 12.3. The van der Waals surface area contributed by atoms with Crippen LogP contribution in [0.2, 0.25) is 0 Å². The minimum absolute atomic E-state index is 0.275. The van der Waals surface area contributed by atoms with E-state index in [-0.39, 0.29) is 12.6 Å². The van der Waals surface area contributed by atoms with Gasteiger partial charge in [-0.1, -0.05) is 5.11 Å². The van der Waals surface area contributed by atoms with E-state index in [1.54, 1.807) is 4.90 Å². The van der Waals surface area contributed by atoms with Crippen LogP contribution in [-0.2, 0) is 11.3 Å². The smallest absolute Gasteiger partial charge is 0.410 e. The first-order chi connectivity index (χ1) is 12.6. The van der Waals surface area contributed by atoms with Crippen LogP contribution in [0.4, 0.5) is 16.2 Å². The average molecular weight is 374 g/mol. The number of benzene rings is 1. The first kappa shape index (κ1) is 20.7. The summed E-state index contributed by atoms with van der Waals surface area (Å²) in [6.45, 7) is 14.5. The number of azide groups is 1. The fourth-order valence-electron chi connectivity index (χ4n) is 3.53. The first-order valence-electron chi connectivity index (χ1n) is 9.18. The first-order valence-corrected chi connectivity index (χ1v) is 9.18. The molecule has 27 heavy (non-hydrogen) atoms. The van der Waals surface area contributed by atoms with Gasteiger partial charge in [-0.3, -0.25) is 0 Å². The van der Waals surface area contributed by atoms with Gasteiger partial charge in [-0.15, -0.1) is 0 Å². The largest absolute Gasteiger partial charge is 0.444 e. The van der Waals surface area contributed by atoms with E-state index in [9.17, 15) is 4.79 Å². The lowest BCUT2D eigenvalue weighted by Gasteiger charge is -2.38. The number of nitrogens with two attached hydrogens (primary N) is 1. The molecular weight excluding hydrogens is 344 g/mol. The van der Waals surface area contributed by atoms with Crippen molar-refractivity contribution in [1.29, 1.82) is 0 Å². The summed E-state index contributed by atoms with van der Waals surface area (Å²) in [6.07, 6.45) is -0.275. The van der Waals surface area contributed by atoms with E-state index in [0.717, 1.165) is 33.6 Å². The summed E-state index contributed by atoms with van der Waals surface area (Å²) in [6, 6.07) is 0. The average Bonchev–Trinajstić information content (AvgIpc) is 2.59. The molecular formula is C19H30N6O2. The molecule has 0 bridgehead atoms. The third kappa shape index (κ3) is 4.57. The highest BCUT2D eigenvalue weighted by atomic mass is 16.6. The molecule has 2 rings (SSSR count). The van der Waals surface area contributed by atoms with Crippen LogP contribution in [-0.4, -0.2) is 42.8 Å². The predicted molar refractivity (Wildman–Crippen MR) is 108 cm³/mol. The molecule has 0 aliphatic carbocycles. The topological polar surface area (TPSA) is 108 Å². The molecule has 0 spiro atoms. The second-order valence-corrected chi connectivity index (χ2v) is 7.96. The van der Waals surface area contributed by atoms with Crippen molar-refractivity contribution in [3.8, 4) is 0 Å². The standard InChI is InChI=1S/C19H30N6O2/c1-12-15(11-22-23-21)13(2)17(14(3)16(12)20)24-7-9-25(10-8-24)18(26)27-19(4,5)6/h7-11,20H2,1-6H3. The van der Waals surface area contributed by atoms with Crippen LogP contribution in [0.15, 0.2) is 5.11 Å². The summed E-state index contributed by atoms with van der Waals surface area (Å²) >= 11 is 0. The highest BCUT2D eigenvalue weighted by Gasteiger charge is 2.28. The zero-order chi connectivity index (χ0) is 20.4. The van der Waals surface area contributed by atoms with Gasteiger partial charge in [-0.05, 0) is 69.3 Å². The van der Waals surface area contributed by atoms with Crippen molar-refractivity contribution in [2.75, 3.05) is 36.8 Å². The Morgan fingerprint density at radius 3 is 2.26 bits per heavy atom. The third-order valence-corrected chi connectivity index (χ3v) is 4.96. The number of ether oxygens (including phenoxy) is 1. The second-order valence-electron chi connectivity index (χ2n) is 7.96. The third-order valence-electron chi connectivity index (χ3n) is 4.96. The fraction of sp³-hybridized carbons (Fsp3) is 0.632. The Morgan fingerprint density at radius 2 is 1.74 bits per heavy atom. The van der Waals surface area contributed by atoms with E-state index in [2.05, 4.69) is 14.9 Å². The number of nitrogen functional groups attached to an aromatic ring is 1. The molecule has 1 aromatic carbocycles. The molecule has 0 atom stereocenters. The molecule has 1 saturated heterocycles. The minimum atomic E-state index is -0.497. The summed E-state index contributed by atoms with van der Waals surface area (Å²) in [5.74, 6) is 0. The Morgan fingerprint density at radius 1 is 1.15 bits per heavy atom. The van der Waals surface area contributed by atoms with Crippen LogP contribution in [0.3, 0.4) is 0 Å². The molecule has 1 aromatic rings. The molecule has 8 nitrogen and oxygen atoms in total. The number of piperazine rings is 1. The predicted octanol–water partition coefficient (Wildman–Crippen LogP) is 4.06. The molecule has 1 heterocycles. The summed E-state index contributed by atoms with van der Waals surface area (Å²) in [5, 5.41) is 3.73. The number of hydrogen-bond donors (Lipinski definition) is 1. The molecule has 0 aromatic heterocycles. The Hall–Kier alpha value is -2.60. The Bertz CT molecular complexity index is 770. The van der Waals surface area contributed by atoms with Gasteiger partial charge in [0.25, 0.3) is 0 Å². The number of anilines is 2. The SMILES string of the molecule is Cc1c(N)c(C)c(N2CCN(C(=O)OC(C)(C)C)CC2)c(C)c1CN=[N+]=[N-]. The lowest BCUT2D eigenvalue weighted by molar-refractivity contribution is 0.0240. The maximum absolute atomic E-state index is 12.3. The molecule has 0 unspecified atom stereocenters. The summed E-state index contributed by atoms with van der Waals surface area (Å²) < 4.78 is 5.47. The zero-order valence-electron chi connectivity index (χ0n) is 17.2. The van der Waals surface area contributed by atoms with Gasteiger partial charge in [0.05, 0.1) is 6.54 Å². The number of amides is 1. The normalized spacial score (nSPS) is 14.7. The van der Waals surface area contributed by atoms with E-state index in [0.29, 0.717) is 26.2 Å². The molecule has 8 heteroatoms. The highest BCUT2D eigenvalue weighted by molar-refractivity contribution is 5.74. The summed E-state index contributed by atoms with van der Waals surface area (Å²) in [5.41, 5.74) is 20.4. The maximum Gasteiger partial charge on any atom is 0.410 e. The van der Waals surface area contributed by atoms with Crippen LogP contribution in [0.1, 0.15) is 43.0 Å². The van der Waals surface area contributed by atoms with Crippen molar-refractivity contribution in [1.82, 2.24) is 4.90 Å². The zero-order valence-corrected chi connectivity index (χ0v) is 17.2. The van der Waals surface area contributed by atoms with E-state index in [4.69, 9.17) is 16.0 Å². The van der Waals surface area contributed by atoms with Gasteiger partial charge in [0.2, 0.25) is 0 Å². The highest BCUT2D eigenvalue weighted by Crippen LogP contribution is 2.36. The Kier molecular flexibility index (Phi) is 6.11. The summed E-state index contributed by atoms with van der Waals surface area (Å²) in [7, 11) is 0. The lowest BCUT2D eigenvalue weighted by Crippen LogP contribution is -2.50. The Balaban J connectivity index is 2.24. The second kappa shape index (κ2) is 7.96. The van der Waals surface area contributed by atoms with Crippen LogP contribution in [0.25, 0.3) is 10.4 Å². The van der Waals surface area contributed by atoms with Gasteiger partial charge < -0.3 is 20.3 Å². The lowest BCUT2D eigenvalue weighted by atomic mass is 9.94. The van der Waals surface area contributed by atoms with Crippen molar-refractivity contribution in [2.24, 2.45) is 5.11 Å². The van der Waals surface area contributed by atoms with Crippen molar-refractivity contribution in [2.45, 2.75) is 53.7 Å². The van der Waals surface area contributed by atoms with Gasteiger partial charge in [-0.2, -0.15) is 0 Å². The van der Waals surface area contributed by atoms with Crippen LogP contribution >= 0.6 is 0 Å².